The van der Waals surface area contributed by atoms with Crippen LogP contribution in [0.3, 0.4) is 0 Å². The molecule has 1 aromatic rings. The van der Waals surface area contributed by atoms with E-state index in [1.54, 1.807) is 7.05 Å². The number of rotatable bonds is 4. The summed E-state index contributed by atoms with van der Waals surface area (Å²) in [7, 11) is 1.67. The first-order chi connectivity index (χ1) is 9.49. The lowest BCUT2D eigenvalue weighted by molar-refractivity contribution is -0.385. The zero-order chi connectivity index (χ0) is 14.7. The summed E-state index contributed by atoms with van der Waals surface area (Å²) in [6.07, 6.45) is 5.63. The van der Waals surface area contributed by atoms with Crippen molar-refractivity contribution in [2.45, 2.75) is 25.7 Å². The zero-order valence-corrected chi connectivity index (χ0v) is 11.4. The smallest absolute Gasteiger partial charge is 0.300 e. The molecule has 0 aliphatic heterocycles. The molecule has 0 atom stereocenters. The Morgan fingerprint density at radius 3 is 2.80 bits per heavy atom. The monoisotopic (exact) mass is 278 g/mol. The molecular weight excluding hydrogens is 260 g/mol. The first-order valence-corrected chi connectivity index (χ1v) is 6.64. The third-order valence-corrected chi connectivity index (χ3v) is 3.68. The molecule has 1 amide bonds. The van der Waals surface area contributed by atoms with E-state index in [4.69, 9.17) is 5.73 Å². The highest BCUT2D eigenvalue weighted by atomic mass is 16.6. The lowest BCUT2D eigenvalue weighted by atomic mass is 10.1. The first-order valence-electron chi connectivity index (χ1n) is 6.64. The number of anilines is 1. The predicted molar refractivity (Wildman–Crippen MR) is 74.2 cm³/mol. The van der Waals surface area contributed by atoms with Gasteiger partial charge in [0, 0.05) is 13.6 Å². The summed E-state index contributed by atoms with van der Waals surface area (Å²) in [5.41, 5.74) is 5.22. The molecule has 108 valence electrons. The average molecular weight is 278 g/mol. The molecule has 7 nitrogen and oxygen atoms in total. The summed E-state index contributed by atoms with van der Waals surface area (Å²) in [5, 5.41) is 11.0. The highest BCUT2D eigenvalue weighted by Crippen LogP contribution is 2.26. The standard InChI is InChI=1S/C13H18N4O3/c1-16(8-9-4-2-3-5-9)13(18)10-6-12(14)15-7-11(10)17(19)20/h6-7,9H,2-5,8H2,1H3,(H2,14,15). The van der Waals surface area contributed by atoms with Crippen LogP contribution in [0.1, 0.15) is 36.0 Å². The number of carbonyl (C=O) groups excluding carboxylic acids is 1. The number of pyridine rings is 1. The summed E-state index contributed by atoms with van der Waals surface area (Å²) in [6.45, 7) is 0.623. The number of nitrogens with two attached hydrogens (primary N) is 1. The molecule has 1 fully saturated rings. The van der Waals surface area contributed by atoms with Gasteiger partial charge < -0.3 is 10.6 Å². The fourth-order valence-electron chi connectivity index (χ4n) is 2.65. The lowest BCUT2D eigenvalue weighted by Gasteiger charge is -2.21. The molecule has 0 bridgehead atoms. The summed E-state index contributed by atoms with van der Waals surface area (Å²) in [6, 6.07) is 1.27. The van der Waals surface area contributed by atoms with Gasteiger partial charge >= 0.3 is 0 Å². The Hall–Kier alpha value is -2.18. The van der Waals surface area contributed by atoms with Crippen LogP contribution in [0.25, 0.3) is 0 Å². The second kappa shape index (κ2) is 5.85. The maximum absolute atomic E-state index is 12.3. The fraction of sp³-hybridized carbons (Fsp3) is 0.538. The Bertz CT molecular complexity index is 526. The highest BCUT2D eigenvalue weighted by molar-refractivity contribution is 5.98. The highest BCUT2D eigenvalue weighted by Gasteiger charge is 2.26. The van der Waals surface area contributed by atoms with Gasteiger partial charge in [-0.25, -0.2) is 4.98 Å². The third-order valence-electron chi connectivity index (χ3n) is 3.68. The number of hydrogen-bond acceptors (Lipinski definition) is 5. The van der Waals surface area contributed by atoms with Gasteiger partial charge in [0.2, 0.25) is 0 Å². The van der Waals surface area contributed by atoms with Crippen molar-refractivity contribution in [1.29, 1.82) is 0 Å². The predicted octanol–water partition coefficient (Wildman–Crippen LogP) is 1.83. The van der Waals surface area contributed by atoms with Gasteiger partial charge in [-0.3, -0.25) is 14.9 Å². The normalized spacial score (nSPS) is 15.2. The number of carbonyl (C=O) groups is 1. The second-order valence-electron chi connectivity index (χ2n) is 5.22. The lowest BCUT2D eigenvalue weighted by Crippen LogP contribution is -2.31. The molecule has 1 aliphatic rings. The van der Waals surface area contributed by atoms with Gasteiger partial charge in [0.25, 0.3) is 11.6 Å². The number of nitro groups is 1. The zero-order valence-electron chi connectivity index (χ0n) is 11.4. The summed E-state index contributed by atoms with van der Waals surface area (Å²) < 4.78 is 0. The van der Waals surface area contributed by atoms with Crippen LogP contribution in [0.2, 0.25) is 0 Å². The number of nitrogens with zero attached hydrogens (tertiary/aromatic N) is 3. The van der Waals surface area contributed by atoms with Gasteiger partial charge in [0.1, 0.15) is 17.6 Å². The second-order valence-corrected chi connectivity index (χ2v) is 5.22. The molecule has 0 unspecified atom stereocenters. The van der Waals surface area contributed by atoms with Crippen LogP contribution >= 0.6 is 0 Å². The van der Waals surface area contributed by atoms with Gasteiger partial charge in [0.05, 0.1) is 4.92 Å². The van der Waals surface area contributed by atoms with Crippen LogP contribution in [0.15, 0.2) is 12.3 Å². The van der Waals surface area contributed by atoms with E-state index in [1.807, 2.05) is 0 Å². The molecule has 7 heteroatoms. The van der Waals surface area contributed by atoms with E-state index in [1.165, 1.54) is 23.8 Å². The van der Waals surface area contributed by atoms with Gasteiger partial charge in [-0.2, -0.15) is 0 Å². The summed E-state index contributed by atoms with van der Waals surface area (Å²) in [4.78, 5) is 27.9. The Morgan fingerprint density at radius 1 is 1.55 bits per heavy atom. The molecule has 0 radical (unpaired) electrons. The van der Waals surface area contributed by atoms with Crippen molar-refractivity contribution in [3.05, 3.63) is 27.9 Å². The van der Waals surface area contributed by atoms with Crippen molar-refractivity contribution >= 4 is 17.4 Å². The van der Waals surface area contributed by atoms with E-state index in [9.17, 15) is 14.9 Å². The van der Waals surface area contributed by atoms with Crippen molar-refractivity contribution in [2.24, 2.45) is 5.92 Å². The molecule has 2 rings (SSSR count). The quantitative estimate of drug-likeness (QED) is 0.668. The van der Waals surface area contributed by atoms with E-state index < -0.39 is 4.92 Å². The Morgan fingerprint density at radius 2 is 2.20 bits per heavy atom. The molecule has 20 heavy (non-hydrogen) atoms. The van der Waals surface area contributed by atoms with Gasteiger partial charge in [0.15, 0.2) is 0 Å². The maximum Gasteiger partial charge on any atom is 0.300 e. The Kier molecular flexibility index (Phi) is 4.16. The van der Waals surface area contributed by atoms with Crippen LogP contribution in [0, 0.1) is 16.0 Å². The van der Waals surface area contributed by atoms with Crippen molar-refractivity contribution < 1.29 is 9.72 Å². The third kappa shape index (κ3) is 3.04. The average Bonchev–Trinajstić information content (AvgIpc) is 2.90. The minimum Gasteiger partial charge on any atom is -0.384 e. The molecule has 0 aromatic carbocycles. The number of hydrogen-bond donors (Lipinski definition) is 1. The largest absolute Gasteiger partial charge is 0.384 e. The Labute approximate surface area is 116 Å². The van der Waals surface area contributed by atoms with Gasteiger partial charge in [-0.05, 0) is 24.8 Å². The molecule has 0 saturated heterocycles. The first kappa shape index (κ1) is 14.2. The molecule has 1 aromatic heterocycles. The van der Waals surface area contributed by atoms with E-state index >= 15 is 0 Å². The number of nitrogen functional groups attached to an aromatic ring is 1. The summed E-state index contributed by atoms with van der Waals surface area (Å²) in [5.74, 6) is 0.216. The SMILES string of the molecule is CN(CC1CCCC1)C(=O)c1cc(N)ncc1[N+](=O)[O-]. The maximum atomic E-state index is 12.3. The Balaban J connectivity index is 2.18. The number of amides is 1. The minimum atomic E-state index is -0.608. The molecular formula is C13H18N4O3. The minimum absolute atomic E-state index is 0.00277. The topological polar surface area (TPSA) is 102 Å². The van der Waals surface area contributed by atoms with E-state index in [0.717, 1.165) is 19.0 Å². The van der Waals surface area contributed by atoms with Crippen LogP contribution in [0.5, 0.6) is 0 Å². The van der Waals surface area contributed by atoms with Crippen molar-refractivity contribution in [2.75, 3.05) is 19.3 Å². The van der Waals surface area contributed by atoms with Crippen molar-refractivity contribution in [3.63, 3.8) is 0 Å². The molecule has 1 aliphatic carbocycles. The van der Waals surface area contributed by atoms with E-state index in [0.29, 0.717) is 12.5 Å². The van der Waals surface area contributed by atoms with Crippen molar-refractivity contribution in [1.82, 2.24) is 9.88 Å². The molecule has 0 spiro atoms. The molecule has 2 N–H and O–H groups in total. The van der Waals surface area contributed by atoms with Crippen LogP contribution in [-0.2, 0) is 0 Å². The molecule has 1 saturated carbocycles. The molecule has 1 heterocycles. The van der Waals surface area contributed by atoms with Crippen LogP contribution < -0.4 is 5.73 Å². The summed E-state index contributed by atoms with van der Waals surface area (Å²) >= 11 is 0. The van der Waals surface area contributed by atoms with Gasteiger partial charge in [-0.15, -0.1) is 0 Å². The van der Waals surface area contributed by atoms with E-state index in [-0.39, 0.29) is 23.0 Å². The van der Waals surface area contributed by atoms with Crippen LogP contribution in [-0.4, -0.2) is 34.3 Å². The van der Waals surface area contributed by atoms with Gasteiger partial charge in [-0.1, -0.05) is 12.8 Å². The van der Waals surface area contributed by atoms with Crippen LogP contribution in [0.4, 0.5) is 11.5 Å². The fourth-order valence-corrected chi connectivity index (χ4v) is 2.65. The van der Waals surface area contributed by atoms with E-state index in [2.05, 4.69) is 4.98 Å². The van der Waals surface area contributed by atoms with Crippen molar-refractivity contribution in [3.8, 4) is 0 Å². The number of aromatic nitrogens is 1.